The number of rotatable bonds is 6. The largest absolute Gasteiger partial charge is 0.466 e. The molecule has 6 heteroatoms. The van der Waals surface area contributed by atoms with Gasteiger partial charge in [-0.1, -0.05) is 6.07 Å². The summed E-state index contributed by atoms with van der Waals surface area (Å²) in [7, 11) is 1.28. The number of ether oxygens (including phenoxy) is 3. The number of carbonyl (C=O) groups excluding carboxylic acids is 2. The summed E-state index contributed by atoms with van der Waals surface area (Å²) in [5.41, 5.74) is 1.14. The van der Waals surface area contributed by atoms with E-state index in [1.54, 1.807) is 6.07 Å². The first-order valence-corrected chi connectivity index (χ1v) is 7.92. The van der Waals surface area contributed by atoms with Gasteiger partial charge in [0, 0.05) is 17.6 Å². The Morgan fingerprint density at radius 3 is 2.88 bits per heavy atom. The van der Waals surface area contributed by atoms with E-state index in [9.17, 15) is 14.0 Å². The summed E-state index contributed by atoms with van der Waals surface area (Å²) in [6, 6.07) is 4.20. The van der Waals surface area contributed by atoms with E-state index >= 15 is 0 Å². The molecule has 0 saturated carbocycles. The molecule has 2 aliphatic rings. The van der Waals surface area contributed by atoms with Crippen molar-refractivity contribution < 1.29 is 28.2 Å². The lowest BCUT2D eigenvalue weighted by molar-refractivity contribution is -0.138. The van der Waals surface area contributed by atoms with Crippen LogP contribution in [0.5, 0.6) is 0 Å². The highest BCUT2D eigenvalue weighted by Crippen LogP contribution is 2.46. The Hall–Kier alpha value is -2.21. The lowest BCUT2D eigenvalue weighted by Gasteiger charge is -2.28. The van der Waals surface area contributed by atoms with Gasteiger partial charge in [0.1, 0.15) is 11.9 Å². The van der Waals surface area contributed by atoms with Crippen LogP contribution in [0.1, 0.15) is 36.5 Å². The molecule has 4 atom stereocenters. The van der Waals surface area contributed by atoms with Crippen molar-refractivity contribution in [3.63, 3.8) is 0 Å². The van der Waals surface area contributed by atoms with E-state index in [2.05, 4.69) is 4.74 Å². The van der Waals surface area contributed by atoms with Gasteiger partial charge >= 0.3 is 5.97 Å². The first kappa shape index (κ1) is 16.6. The van der Waals surface area contributed by atoms with E-state index in [0.29, 0.717) is 17.6 Å². The van der Waals surface area contributed by atoms with Gasteiger partial charge in [0.05, 0.1) is 19.3 Å². The van der Waals surface area contributed by atoms with Gasteiger partial charge in [-0.25, -0.2) is 9.18 Å². The first-order chi connectivity index (χ1) is 11.6. The number of carbonyl (C=O) groups is 2. The third-order valence-electron chi connectivity index (χ3n) is 4.70. The fourth-order valence-corrected chi connectivity index (χ4v) is 3.63. The highest BCUT2D eigenvalue weighted by Gasteiger charge is 2.46. The lowest BCUT2D eigenvalue weighted by atomic mass is 9.81. The number of benzene rings is 1. The van der Waals surface area contributed by atoms with Crippen LogP contribution in [-0.4, -0.2) is 31.8 Å². The smallest absolute Gasteiger partial charge is 0.330 e. The van der Waals surface area contributed by atoms with Crippen molar-refractivity contribution in [1.82, 2.24) is 0 Å². The molecule has 0 spiro atoms. The Morgan fingerprint density at radius 2 is 2.25 bits per heavy atom. The SMILES string of the molecule is COC(=O)/C=C/c1ccc(F)cc1[C@@H](OC=O)C1CC2CCC1O2. The summed E-state index contributed by atoms with van der Waals surface area (Å²) in [4.78, 5) is 22.3. The maximum Gasteiger partial charge on any atom is 0.330 e. The molecule has 0 N–H and O–H groups in total. The predicted molar refractivity (Wildman–Crippen MR) is 83.3 cm³/mol. The van der Waals surface area contributed by atoms with Gasteiger partial charge in [-0.05, 0) is 43.0 Å². The van der Waals surface area contributed by atoms with Crippen LogP contribution in [0.3, 0.4) is 0 Å². The van der Waals surface area contributed by atoms with E-state index < -0.39 is 17.9 Å². The van der Waals surface area contributed by atoms with Crippen LogP contribution in [0.25, 0.3) is 6.08 Å². The molecule has 5 nitrogen and oxygen atoms in total. The molecular formula is C18H19FO5. The molecule has 2 heterocycles. The summed E-state index contributed by atoms with van der Waals surface area (Å²) in [5, 5.41) is 0. The van der Waals surface area contributed by atoms with Crippen LogP contribution in [0.15, 0.2) is 24.3 Å². The van der Waals surface area contributed by atoms with E-state index in [4.69, 9.17) is 9.47 Å². The van der Waals surface area contributed by atoms with Gasteiger partial charge in [0.25, 0.3) is 6.47 Å². The molecule has 3 unspecified atom stereocenters. The van der Waals surface area contributed by atoms with E-state index in [1.165, 1.54) is 31.4 Å². The zero-order valence-electron chi connectivity index (χ0n) is 13.3. The zero-order valence-corrected chi connectivity index (χ0v) is 13.3. The number of methoxy groups -OCH3 is 1. The highest BCUT2D eigenvalue weighted by atomic mass is 19.1. The molecule has 0 radical (unpaired) electrons. The Balaban J connectivity index is 1.94. The molecule has 24 heavy (non-hydrogen) atoms. The van der Waals surface area contributed by atoms with Crippen molar-refractivity contribution in [3.8, 4) is 0 Å². The van der Waals surface area contributed by atoms with Crippen molar-refractivity contribution in [1.29, 1.82) is 0 Å². The van der Waals surface area contributed by atoms with Crippen molar-refractivity contribution in [2.75, 3.05) is 7.11 Å². The van der Waals surface area contributed by atoms with Crippen molar-refractivity contribution in [2.45, 2.75) is 37.6 Å². The minimum atomic E-state index is -0.606. The van der Waals surface area contributed by atoms with Gasteiger partial charge in [-0.2, -0.15) is 0 Å². The van der Waals surface area contributed by atoms with Crippen LogP contribution in [0.4, 0.5) is 4.39 Å². The third kappa shape index (κ3) is 3.33. The Kier molecular flexibility index (Phi) is 4.94. The molecule has 1 aromatic carbocycles. The summed E-state index contributed by atoms with van der Waals surface area (Å²) in [5.74, 6) is -0.953. The average molecular weight is 334 g/mol. The molecule has 2 aliphatic heterocycles. The molecule has 128 valence electrons. The van der Waals surface area contributed by atoms with E-state index in [0.717, 1.165) is 19.3 Å². The zero-order chi connectivity index (χ0) is 17.1. The maximum atomic E-state index is 13.8. The van der Waals surface area contributed by atoms with Gasteiger partial charge in [0.15, 0.2) is 0 Å². The average Bonchev–Trinajstić information content (AvgIpc) is 3.21. The number of esters is 1. The summed E-state index contributed by atoms with van der Waals surface area (Å²) in [6.07, 6.45) is 5.08. The second-order valence-electron chi connectivity index (χ2n) is 6.06. The second kappa shape index (κ2) is 7.13. The normalized spacial score (nSPS) is 26.5. The number of fused-ring (bicyclic) bond motifs is 2. The predicted octanol–water partition coefficient (Wildman–Crippen LogP) is 2.79. The fraction of sp³-hybridized carbons (Fsp3) is 0.444. The number of halogens is 1. The monoisotopic (exact) mass is 334 g/mol. The van der Waals surface area contributed by atoms with Gasteiger partial charge in [-0.15, -0.1) is 0 Å². The van der Waals surface area contributed by atoms with E-state index in [-0.39, 0.29) is 18.1 Å². The molecule has 2 fully saturated rings. The topological polar surface area (TPSA) is 61.8 Å². The molecule has 0 amide bonds. The van der Waals surface area contributed by atoms with Gasteiger partial charge < -0.3 is 14.2 Å². The molecule has 0 aromatic heterocycles. The maximum absolute atomic E-state index is 13.8. The van der Waals surface area contributed by atoms with Crippen LogP contribution >= 0.6 is 0 Å². The summed E-state index contributed by atoms with van der Waals surface area (Å²) >= 11 is 0. The van der Waals surface area contributed by atoms with Crippen molar-refractivity contribution >= 4 is 18.5 Å². The number of hydrogen-bond acceptors (Lipinski definition) is 5. The molecule has 1 aromatic rings. The standard InChI is InChI=1S/C18H19FO5/c1-22-17(21)7-3-11-2-4-12(19)8-14(11)18(23-10-20)15-9-13-5-6-16(15)24-13/h2-4,7-8,10,13,15-16,18H,5-6,9H2,1H3/b7-3+/t13?,15?,16?,18-/m1/s1. The van der Waals surface area contributed by atoms with Crippen LogP contribution in [-0.2, 0) is 23.8 Å². The minimum absolute atomic E-state index is 0.0129. The molecule has 0 aliphatic carbocycles. The van der Waals surface area contributed by atoms with Crippen LogP contribution in [0.2, 0.25) is 0 Å². The van der Waals surface area contributed by atoms with Gasteiger partial charge in [0.2, 0.25) is 0 Å². The lowest BCUT2D eigenvalue weighted by Crippen LogP contribution is -2.26. The minimum Gasteiger partial charge on any atom is -0.466 e. The van der Waals surface area contributed by atoms with Crippen molar-refractivity contribution in [2.24, 2.45) is 5.92 Å². The molecule has 3 rings (SSSR count). The highest BCUT2D eigenvalue weighted by molar-refractivity contribution is 5.87. The molecular weight excluding hydrogens is 315 g/mol. The Labute approximate surface area is 139 Å². The summed E-state index contributed by atoms with van der Waals surface area (Å²) < 4.78 is 29.5. The van der Waals surface area contributed by atoms with Gasteiger partial charge in [-0.3, -0.25) is 4.79 Å². The molecule has 2 bridgehead atoms. The first-order valence-electron chi connectivity index (χ1n) is 7.92. The quantitative estimate of drug-likeness (QED) is 0.455. The molecule has 2 saturated heterocycles. The fourth-order valence-electron chi connectivity index (χ4n) is 3.63. The number of hydrogen-bond donors (Lipinski definition) is 0. The summed E-state index contributed by atoms with van der Waals surface area (Å²) in [6.45, 7) is 0.384. The van der Waals surface area contributed by atoms with Crippen LogP contribution < -0.4 is 0 Å². The van der Waals surface area contributed by atoms with Crippen molar-refractivity contribution in [3.05, 3.63) is 41.2 Å². The van der Waals surface area contributed by atoms with E-state index in [1.807, 2.05) is 0 Å². The third-order valence-corrected chi connectivity index (χ3v) is 4.70. The Morgan fingerprint density at radius 1 is 1.42 bits per heavy atom. The Bertz CT molecular complexity index is 657. The van der Waals surface area contributed by atoms with Crippen LogP contribution in [0, 0.1) is 11.7 Å². The second-order valence-corrected chi connectivity index (χ2v) is 6.06.